The summed E-state index contributed by atoms with van der Waals surface area (Å²) in [6, 6.07) is 0. The van der Waals surface area contributed by atoms with Crippen LogP contribution in [0.3, 0.4) is 0 Å². The van der Waals surface area contributed by atoms with Gasteiger partial charge in [0, 0.05) is 19.5 Å². The van der Waals surface area contributed by atoms with Crippen molar-refractivity contribution in [2.45, 2.75) is 40.7 Å². The second-order valence-electron chi connectivity index (χ2n) is 5.41. The predicted octanol–water partition coefficient (Wildman–Crippen LogP) is 2.37. The molecule has 0 aromatic carbocycles. The largest absolute Gasteiger partial charge is 0.477 e. The van der Waals surface area contributed by atoms with Crippen LogP contribution < -0.4 is 5.56 Å². The molecule has 0 aliphatic rings. The molecule has 126 valence electrons. The van der Waals surface area contributed by atoms with Gasteiger partial charge >= 0.3 is 5.97 Å². The Morgan fingerprint density at radius 2 is 1.96 bits per heavy atom. The smallest absolute Gasteiger partial charge is 0.346 e. The lowest BCUT2D eigenvalue weighted by atomic mass is 10.2. The Labute approximate surface area is 139 Å². The molecule has 6 nitrogen and oxygen atoms in total. The summed E-state index contributed by atoms with van der Waals surface area (Å²) < 4.78 is 1.70. The third-order valence-corrected chi connectivity index (χ3v) is 5.35. The quantitative estimate of drug-likeness (QED) is 0.839. The maximum Gasteiger partial charge on any atom is 0.346 e. The van der Waals surface area contributed by atoms with Crippen LogP contribution in [0.5, 0.6) is 0 Å². The van der Waals surface area contributed by atoms with Gasteiger partial charge in [-0.25, -0.2) is 9.78 Å². The van der Waals surface area contributed by atoms with E-state index >= 15 is 0 Å². The van der Waals surface area contributed by atoms with Crippen LogP contribution in [0.4, 0.5) is 0 Å². The Balaban J connectivity index is 2.55. The molecule has 0 aliphatic carbocycles. The van der Waals surface area contributed by atoms with Crippen LogP contribution in [-0.2, 0) is 13.0 Å². The highest BCUT2D eigenvalue weighted by molar-refractivity contribution is 7.20. The molecule has 0 fully saturated rings. The highest BCUT2D eigenvalue weighted by Crippen LogP contribution is 2.27. The first-order chi connectivity index (χ1) is 10.9. The molecule has 0 radical (unpaired) electrons. The SMILES string of the molecule is CCc1nc2sc(C(=O)O)c(C)c2c(=O)n1CCN(CC)CC. The van der Waals surface area contributed by atoms with Crippen LogP contribution in [0.15, 0.2) is 4.79 Å². The molecular weight excluding hydrogens is 314 g/mol. The number of aryl methyl sites for hydroxylation is 2. The van der Waals surface area contributed by atoms with Gasteiger partial charge in [-0.05, 0) is 25.6 Å². The van der Waals surface area contributed by atoms with E-state index < -0.39 is 5.97 Å². The number of nitrogens with zero attached hydrogens (tertiary/aromatic N) is 3. The van der Waals surface area contributed by atoms with Crippen molar-refractivity contribution in [2.24, 2.45) is 0 Å². The molecule has 2 rings (SSSR count). The number of hydrogen-bond acceptors (Lipinski definition) is 5. The minimum atomic E-state index is -1.00. The number of aromatic carboxylic acids is 1. The van der Waals surface area contributed by atoms with Crippen LogP contribution in [0, 0.1) is 6.92 Å². The van der Waals surface area contributed by atoms with Gasteiger partial charge in [0.05, 0.1) is 5.39 Å². The summed E-state index contributed by atoms with van der Waals surface area (Å²) in [7, 11) is 0. The van der Waals surface area contributed by atoms with Crippen molar-refractivity contribution in [1.29, 1.82) is 0 Å². The molecule has 0 saturated heterocycles. The van der Waals surface area contributed by atoms with Crippen molar-refractivity contribution in [1.82, 2.24) is 14.5 Å². The minimum Gasteiger partial charge on any atom is -0.477 e. The summed E-state index contributed by atoms with van der Waals surface area (Å²) >= 11 is 1.08. The monoisotopic (exact) mass is 337 g/mol. The number of hydrogen-bond donors (Lipinski definition) is 1. The zero-order chi connectivity index (χ0) is 17.1. The number of carbonyl (C=O) groups is 1. The Morgan fingerprint density at radius 3 is 2.48 bits per heavy atom. The average Bonchev–Trinajstić information content (AvgIpc) is 2.87. The lowest BCUT2D eigenvalue weighted by Gasteiger charge is -2.19. The summed E-state index contributed by atoms with van der Waals surface area (Å²) in [5, 5.41) is 9.71. The second kappa shape index (κ2) is 7.23. The van der Waals surface area contributed by atoms with E-state index in [9.17, 15) is 14.7 Å². The van der Waals surface area contributed by atoms with E-state index in [1.54, 1.807) is 11.5 Å². The van der Waals surface area contributed by atoms with Crippen molar-refractivity contribution >= 4 is 27.5 Å². The zero-order valence-corrected chi connectivity index (χ0v) is 14.9. The number of carboxylic acids is 1. The highest BCUT2D eigenvalue weighted by Gasteiger charge is 2.20. The fourth-order valence-corrected chi connectivity index (χ4v) is 3.77. The molecule has 0 atom stereocenters. The zero-order valence-electron chi connectivity index (χ0n) is 14.0. The van der Waals surface area contributed by atoms with E-state index in [1.165, 1.54) is 0 Å². The van der Waals surface area contributed by atoms with Gasteiger partial charge in [0.2, 0.25) is 0 Å². The van der Waals surface area contributed by atoms with E-state index in [4.69, 9.17) is 0 Å². The molecule has 0 amide bonds. The van der Waals surface area contributed by atoms with Crippen molar-refractivity contribution in [3.05, 3.63) is 26.6 Å². The van der Waals surface area contributed by atoms with Crippen molar-refractivity contribution in [3.8, 4) is 0 Å². The van der Waals surface area contributed by atoms with E-state index in [2.05, 4.69) is 23.7 Å². The van der Waals surface area contributed by atoms with Gasteiger partial charge in [0.15, 0.2) is 0 Å². The Kier molecular flexibility index (Phi) is 5.54. The molecule has 2 heterocycles. The number of aromatic nitrogens is 2. The van der Waals surface area contributed by atoms with E-state index in [1.807, 2.05) is 6.92 Å². The van der Waals surface area contributed by atoms with E-state index in [0.717, 1.165) is 31.0 Å². The van der Waals surface area contributed by atoms with Crippen molar-refractivity contribution < 1.29 is 9.90 Å². The molecule has 2 aromatic heterocycles. The lowest BCUT2D eigenvalue weighted by Crippen LogP contribution is -2.33. The van der Waals surface area contributed by atoms with E-state index in [-0.39, 0.29) is 10.4 Å². The third kappa shape index (κ3) is 3.30. The number of thiophene rings is 1. The topological polar surface area (TPSA) is 75.4 Å². The van der Waals surface area contributed by atoms with Gasteiger partial charge in [-0.3, -0.25) is 9.36 Å². The summed E-state index contributed by atoms with van der Waals surface area (Å²) in [4.78, 5) is 31.7. The summed E-state index contributed by atoms with van der Waals surface area (Å²) in [6.07, 6.45) is 0.642. The van der Waals surface area contributed by atoms with Gasteiger partial charge < -0.3 is 10.0 Å². The van der Waals surface area contributed by atoms with Crippen LogP contribution >= 0.6 is 11.3 Å². The standard InChI is InChI=1S/C16H23N3O3S/c1-5-11-17-14-12(10(4)13(23-14)16(21)22)15(20)19(11)9-8-18(6-2)7-3/h5-9H2,1-4H3,(H,21,22). The number of carboxylic acid groups (broad SMARTS) is 1. The number of fused-ring (bicyclic) bond motifs is 1. The van der Waals surface area contributed by atoms with Gasteiger partial charge in [-0.1, -0.05) is 20.8 Å². The van der Waals surface area contributed by atoms with Gasteiger partial charge in [0.1, 0.15) is 15.5 Å². The maximum absolute atomic E-state index is 12.9. The van der Waals surface area contributed by atoms with Crippen LogP contribution in [0.25, 0.3) is 10.2 Å². The van der Waals surface area contributed by atoms with E-state index in [0.29, 0.717) is 34.6 Å². The number of rotatable bonds is 7. The molecule has 0 bridgehead atoms. The molecule has 23 heavy (non-hydrogen) atoms. The normalized spacial score (nSPS) is 11.5. The Hall–Kier alpha value is -1.73. The third-order valence-electron chi connectivity index (χ3n) is 4.17. The Morgan fingerprint density at radius 1 is 1.30 bits per heavy atom. The van der Waals surface area contributed by atoms with Gasteiger partial charge in [-0.2, -0.15) is 0 Å². The van der Waals surface area contributed by atoms with Gasteiger partial charge in [0.25, 0.3) is 5.56 Å². The summed E-state index contributed by atoms with van der Waals surface area (Å²) in [6.45, 7) is 11.1. The highest BCUT2D eigenvalue weighted by atomic mass is 32.1. The minimum absolute atomic E-state index is 0.125. The maximum atomic E-state index is 12.9. The molecule has 1 N–H and O–H groups in total. The average molecular weight is 337 g/mol. The first-order valence-electron chi connectivity index (χ1n) is 7.92. The second-order valence-corrected chi connectivity index (χ2v) is 6.41. The van der Waals surface area contributed by atoms with Crippen LogP contribution in [0.1, 0.15) is 41.8 Å². The molecule has 0 aliphatic heterocycles. The van der Waals surface area contributed by atoms with Crippen LogP contribution in [0.2, 0.25) is 0 Å². The lowest BCUT2D eigenvalue weighted by molar-refractivity contribution is 0.0701. The van der Waals surface area contributed by atoms with Crippen molar-refractivity contribution in [3.63, 3.8) is 0 Å². The molecule has 7 heteroatoms. The molecule has 0 spiro atoms. The Bertz CT molecular complexity index is 775. The molecule has 0 unspecified atom stereocenters. The van der Waals surface area contributed by atoms with Crippen molar-refractivity contribution in [2.75, 3.05) is 19.6 Å². The first-order valence-corrected chi connectivity index (χ1v) is 8.74. The fourth-order valence-electron chi connectivity index (χ4n) is 2.74. The first kappa shape index (κ1) is 17.6. The number of likely N-dealkylation sites (N-methyl/N-ethyl adjacent to an activating group) is 1. The molecule has 0 saturated carbocycles. The molecular formula is C16H23N3O3S. The summed E-state index contributed by atoms with van der Waals surface area (Å²) in [5.41, 5.74) is 0.398. The predicted molar refractivity (Wildman–Crippen MR) is 92.7 cm³/mol. The van der Waals surface area contributed by atoms with Gasteiger partial charge in [-0.15, -0.1) is 11.3 Å². The fraction of sp³-hybridized carbons (Fsp3) is 0.562. The summed E-state index contributed by atoms with van der Waals surface area (Å²) in [5.74, 6) is -0.287. The molecule has 2 aromatic rings. The van der Waals surface area contributed by atoms with Crippen LogP contribution in [-0.4, -0.2) is 45.2 Å².